The molecule has 1 fully saturated rings. The SMILES string of the molecule is CSc1ncc2cc(C(F)F)nc(N[C@H]3CCCC3(F)F)c2n1. The van der Waals surface area contributed by atoms with Gasteiger partial charge in [0.2, 0.25) is 0 Å². The molecule has 3 rings (SSSR count). The van der Waals surface area contributed by atoms with Gasteiger partial charge in [-0.1, -0.05) is 11.8 Å². The van der Waals surface area contributed by atoms with Gasteiger partial charge in [0.05, 0.1) is 6.04 Å². The van der Waals surface area contributed by atoms with Gasteiger partial charge in [-0.2, -0.15) is 0 Å². The van der Waals surface area contributed by atoms with Gasteiger partial charge in [-0.3, -0.25) is 0 Å². The van der Waals surface area contributed by atoms with Crippen LogP contribution in [-0.2, 0) is 0 Å². The van der Waals surface area contributed by atoms with Crippen molar-refractivity contribution in [3.63, 3.8) is 0 Å². The lowest BCUT2D eigenvalue weighted by molar-refractivity contribution is -0.000661. The third kappa shape index (κ3) is 3.19. The molecule has 0 aromatic carbocycles. The minimum absolute atomic E-state index is 0.0397. The number of hydrogen-bond donors (Lipinski definition) is 1. The van der Waals surface area contributed by atoms with Crippen LogP contribution in [0.4, 0.5) is 23.4 Å². The zero-order valence-corrected chi connectivity index (χ0v) is 13.0. The van der Waals surface area contributed by atoms with Crippen molar-refractivity contribution >= 4 is 28.5 Å². The minimum atomic E-state index is -2.88. The molecule has 9 heteroatoms. The van der Waals surface area contributed by atoms with Gasteiger partial charge in [0.1, 0.15) is 11.2 Å². The zero-order chi connectivity index (χ0) is 16.6. The van der Waals surface area contributed by atoms with Crippen LogP contribution in [-0.4, -0.2) is 33.2 Å². The molecule has 0 unspecified atom stereocenters. The highest BCUT2D eigenvalue weighted by molar-refractivity contribution is 7.98. The van der Waals surface area contributed by atoms with Crippen LogP contribution in [0.15, 0.2) is 17.4 Å². The van der Waals surface area contributed by atoms with Gasteiger partial charge in [-0.15, -0.1) is 0 Å². The van der Waals surface area contributed by atoms with E-state index in [0.717, 1.165) is 0 Å². The van der Waals surface area contributed by atoms with Crippen molar-refractivity contribution in [2.24, 2.45) is 0 Å². The Bertz CT molecular complexity index is 725. The van der Waals surface area contributed by atoms with Crippen LogP contribution in [0.5, 0.6) is 0 Å². The maximum Gasteiger partial charge on any atom is 0.280 e. The van der Waals surface area contributed by atoms with E-state index in [-0.39, 0.29) is 24.2 Å². The number of alkyl halides is 4. The van der Waals surface area contributed by atoms with Gasteiger partial charge in [-0.25, -0.2) is 32.5 Å². The van der Waals surface area contributed by atoms with E-state index < -0.39 is 24.1 Å². The second-order valence-corrected chi connectivity index (χ2v) is 6.11. The fourth-order valence-electron chi connectivity index (χ4n) is 2.62. The molecule has 0 spiro atoms. The summed E-state index contributed by atoms with van der Waals surface area (Å²) in [6.45, 7) is 0. The third-order valence-electron chi connectivity index (χ3n) is 3.79. The summed E-state index contributed by atoms with van der Waals surface area (Å²) in [4.78, 5) is 12.1. The summed E-state index contributed by atoms with van der Waals surface area (Å²) in [5.74, 6) is -2.92. The average Bonchev–Trinajstić information content (AvgIpc) is 2.85. The molecule has 0 amide bonds. The molecule has 0 bridgehead atoms. The van der Waals surface area contributed by atoms with E-state index in [4.69, 9.17) is 0 Å². The van der Waals surface area contributed by atoms with E-state index in [2.05, 4.69) is 20.3 Å². The molecule has 2 aromatic heterocycles. The second kappa shape index (κ2) is 6.10. The van der Waals surface area contributed by atoms with Gasteiger partial charge >= 0.3 is 0 Å². The molecule has 1 N–H and O–H groups in total. The van der Waals surface area contributed by atoms with E-state index in [1.807, 2.05) is 0 Å². The van der Waals surface area contributed by atoms with Crippen LogP contribution in [0.2, 0.25) is 0 Å². The maximum absolute atomic E-state index is 13.8. The Morgan fingerprint density at radius 1 is 1.35 bits per heavy atom. The van der Waals surface area contributed by atoms with Gasteiger partial charge < -0.3 is 5.32 Å². The Balaban J connectivity index is 2.08. The maximum atomic E-state index is 13.8. The molecule has 2 aromatic rings. The first-order valence-corrected chi connectivity index (χ1v) is 8.27. The average molecular weight is 346 g/mol. The number of aromatic nitrogens is 3. The topological polar surface area (TPSA) is 50.7 Å². The van der Waals surface area contributed by atoms with Crippen molar-refractivity contribution in [2.45, 2.75) is 42.8 Å². The molecular formula is C14H14F4N4S. The molecule has 0 saturated heterocycles. The Labute approximate surface area is 134 Å². The Kier molecular flexibility index (Phi) is 4.31. The van der Waals surface area contributed by atoms with Gasteiger partial charge in [0.25, 0.3) is 12.3 Å². The summed E-state index contributed by atoms with van der Waals surface area (Å²) in [5, 5.41) is 3.39. The van der Waals surface area contributed by atoms with Crippen LogP contribution in [0.25, 0.3) is 10.9 Å². The van der Waals surface area contributed by atoms with Crippen molar-refractivity contribution < 1.29 is 17.6 Å². The van der Waals surface area contributed by atoms with Crippen molar-refractivity contribution in [1.82, 2.24) is 15.0 Å². The molecule has 4 nitrogen and oxygen atoms in total. The molecule has 0 radical (unpaired) electrons. The van der Waals surface area contributed by atoms with Crippen molar-refractivity contribution in [2.75, 3.05) is 11.6 Å². The molecule has 23 heavy (non-hydrogen) atoms. The lowest BCUT2D eigenvalue weighted by Crippen LogP contribution is -2.34. The summed E-state index contributed by atoms with van der Waals surface area (Å²) in [6.07, 6.45) is 0.782. The standard InChI is InChI=1S/C14H14F4N4S/c1-23-13-19-6-7-5-8(11(15)16)20-12(10(7)22-13)21-9-3-2-4-14(9,17)18/h5-6,9,11H,2-4H2,1H3,(H,20,21)/t9-/m0/s1. The van der Waals surface area contributed by atoms with Crippen molar-refractivity contribution in [3.05, 3.63) is 18.0 Å². The van der Waals surface area contributed by atoms with Gasteiger partial charge in [-0.05, 0) is 25.2 Å². The first-order chi connectivity index (χ1) is 10.9. The summed E-state index contributed by atoms with van der Waals surface area (Å²) in [5.41, 5.74) is -0.210. The summed E-state index contributed by atoms with van der Waals surface area (Å²) >= 11 is 1.27. The number of halogens is 4. The van der Waals surface area contributed by atoms with Crippen molar-refractivity contribution in [1.29, 1.82) is 0 Å². The molecule has 1 atom stereocenters. The number of nitrogens with zero attached hydrogens (tertiary/aromatic N) is 3. The molecule has 0 aliphatic heterocycles. The first kappa shape index (κ1) is 16.2. The van der Waals surface area contributed by atoms with Crippen LogP contribution < -0.4 is 5.32 Å². The van der Waals surface area contributed by atoms with Crippen LogP contribution >= 0.6 is 11.8 Å². The summed E-state index contributed by atoms with van der Waals surface area (Å²) in [6, 6.07) is 0.0565. The monoisotopic (exact) mass is 346 g/mol. The summed E-state index contributed by atoms with van der Waals surface area (Å²) < 4.78 is 53.7. The highest BCUT2D eigenvalue weighted by Gasteiger charge is 2.44. The first-order valence-electron chi connectivity index (χ1n) is 7.05. The van der Waals surface area contributed by atoms with E-state index in [1.54, 1.807) is 6.26 Å². The smallest absolute Gasteiger partial charge is 0.280 e. The predicted molar refractivity (Wildman–Crippen MR) is 80.3 cm³/mol. The van der Waals surface area contributed by atoms with E-state index >= 15 is 0 Å². The number of fused-ring (bicyclic) bond motifs is 1. The number of thioether (sulfide) groups is 1. The summed E-state index contributed by atoms with van der Waals surface area (Å²) in [7, 11) is 0. The number of rotatable bonds is 4. The number of anilines is 1. The Hall–Kier alpha value is -1.64. The molecule has 2 heterocycles. The lowest BCUT2D eigenvalue weighted by atomic mass is 10.2. The fraction of sp³-hybridized carbons (Fsp3) is 0.500. The lowest BCUT2D eigenvalue weighted by Gasteiger charge is -2.21. The number of pyridine rings is 1. The van der Waals surface area contributed by atoms with Gasteiger partial charge in [0.15, 0.2) is 11.0 Å². The Morgan fingerprint density at radius 3 is 2.74 bits per heavy atom. The Morgan fingerprint density at radius 2 is 2.13 bits per heavy atom. The van der Waals surface area contributed by atoms with Crippen LogP contribution in [0.1, 0.15) is 31.4 Å². The second-order valence-electron chi connectivity index (χ2n) is 5.34. The normalized spacial score (nSPS) is 20.3. The third-order valence-corrected chi connectivity index (χ3v) is 4.36. The van der Waals surface area contributed by atoms with Crippen LogP contribution in [0.3, 0.4) is 0 Å². The van der Waals surface area contributed by atoms with Crippen molar-refractivity contribution in [3.8, 4) is 0 Å². The van der Waals surface area contributed by atoms with Crippen LogP contribution in [0, 0.1) is 0 Å². The van der Waals surface area contributed by atoms with Gasteiger partial charge in [0, 0.05) is 18.0 Å². The fourth-order valence-corrected chi connectivity index (χ4v) is 2.97. The molecular weight excluding hydrogens is 332 g/mol. The quantitative estimate of drug-likeness (QED) is 0.509. The van der Waals surface area contributed by atoms with E-state index in [9.17, 15) is 17.6 Å². The number of hydrogen-bond acceptors (Lipinski definition) is 5. The van der Waals surface area contributed by atoms with E-state index in [0.29, 0.717) is 17.0 Å². The molecule has 124 valence electrons. The predicted octanol–water partition coefficient (Wildman–Crippen LogP) is 4.28. The highest BCUT2D eigenvalue weighted by Crippen LogP contribution is 2.38. The number of nitrogens with one attached hydrogen (secondary N) is 1. The molecule has 1 saturated carbocycles. The molecule has 1 aliphatic carbocycles. The minimum Gasteiger partial charge on any atom is -0.359 e. The zero-order valence-electron chi connectivity index (χ0n) is 12.2. The largest absolute Gasteiger partial charge is 0.359 e. The van der Waals surface area contributed by atoms with E-state index in [1.165, 1.54) is 24.0 Å². The molecule has 1 aliphatic rings. The highest BCUT2D eigenvalue weighted by atomic mass is 32.2.